The van der Waals surface area contributed by atoms with E-state index in [0.717, 1.165) is 38.8 Å². The van der Waals surface area contributed by atoms with Crippen molar-refractivity contribution >= 4 is 0 Å². The summed E-state index contributed by atoms with van der Waals surface area (Å²) >= 11 is 0. The van der Waals surface area contributed by atoms with Gasteiger partial charge >= 0.3 is 6.18 Å². The minimum absolute atomic E-state index is 0.0263. The molecule has 27 heavy (non-hydrogen) atoms. The molecule has 0 aliphatic carbocycles. The molecule has 0 aromatic carbocycles. The molecule has 0 amide bonds. The van der Waals surface area contributed by atoms with Gasteiger partial charge in [0.2, 0.25) is 0 Å². The van der Waals surface area contributed by atoms with E-state index in [1.165, 1.54) is 10.6 Å². The van der Waals surface area contributed by atoms with Crippen molar-refractivity contribution in [3.8, 4) is 0 Å². The highest BCUT2D eigenvalue weighted by Gasteiger charge is 2.33. The molecule has 2 aromatic rings. The summed E-state index contributed by atoms with van der Waals surface area (Å²) in [6.45, 7) is 3.41. The van der Waals surface area contributed by atoms with Crippen LogP contribution < -0.4 is 11.1 Å². The zero-order valence-corrected chi connectivity index (χ0v) is 14.7. The van der Waals surface area contributed by atoms with Crippen molar-refractivity contribution in [3.05, 3.63) is 63.2 Å². The Hall–Kier alpha value is -2.42. The van der Waals surface area contributed by atoms with Crippen molar-refractivity contribution in [1.29, 1.82) is 0 Å². The van der Waals surface area contributed by atoms with E-state index in [1.54, 1.807) is 16.8 Å². The fourth-order valence-corrected chi connectivity index (χ4v) is 3.28. The summed E-state index contributed by atoms with van der Waals surface area (Å²) in [5, 5.41) is 0. The Kier molecular flexibility index (Phi) is 5.79. The van der Waals surface area contributed by atoms with Crippen LogP contribution in [-0.2, 0) is 19.3 Å². The molecule has 3 heterocycles. The van der Waals surface area contributed by atoms with Gasteiger partial charge in [-0.3, -0.25) is 14.2 Å². The Balaban J connectivity index is 1.50. The quantitative estimate of drug-likeness (QED) is 0.792. The second kappa shape index (κ2) is 8.08. The number of halogens is 3. The number of piperidine rings is 1. The third-order valence-electron chi connectivity index (χ3n) is 4.89. The average molecular weight is 382 g/mol. The van der Waals surface area contributed by atoms with Gasteiger partial charge in [-0.2, -0.15) is 13.2 Å². The molecule has 3 rings (SSSR count). The molecule has 1 aliphatic rings. The molecule has 1 saturated heterocycles. The lowest BCUT2D eigenvalue weighted by Gasteiger charge is -2.32. The molecule has 1 fully saturated rings. The SMILES string of the molecule is O=c1ccccn1CCN1CCC(Cn2cnc(C(F)(F)F)cc2=O)CC1. The van der Waals surface area contributed by atoms with Gasteiger partial charge in [-0.25, -0.2) is 4.98 Å². The topological polar surface area (TPSA) is 60.1 Å². The largest absolute Gasteiger partial charge is 0.433 e. The third kappa shape index (κ3) is 5.06. The molecule has 0 radical (unpaired) electrons. The van der Waals surface area contributed by atoms with Crippen LogP contribution in [0.2, 0.25) is 0 Å². The van der Waals surface area contributed by atoms with Crippen molar-refractivity contribution < 1.29 is 13.2 Å². The van der Waals surface area contributed by atoms with E-state index in [1.807, 2.05) is 6.07 Å². The van der Waals surface area contributed by atoms with E-state index >= 15 is 0 Å². The number of nitrogens with zero attached hydrogens (tertiary/aromatic N) is 4. The number of hydrogen-bond acceptors (Lipinski definition) is 4. The van der Waals surface area contributed by atoms with E-state index in [-0.39, 0.29) is 11.5 Å². The summed E-state index contributed by atoms with van der Waals surface area (Å²) in [6.07, 6.45) is -0.170. The van der Waals surface area contributed by atoms with Crippen LogP contribution in [0.25, 0.3) is 0 Å². The molecule has 0 unspecified atom stereocenters. The van der Waals surface area contributed by atoms with Gasteiger partial charge in [0.15, 0.2) is 5.69 Å². The predicted octanol–water partition coefficient (Wildman–Crippen LogP) is 1.84. The van der Waals surface area contributed by atoms with Crippen molar-refractivity contribution in [2.24, 2.45) is 5.92 Å². The standard InChI is InChI=1S/C18H21F3N4O2/c19-18(20,21)15-11-17(27)25(13-22-15)12-14-4-7-23(8-5-14)9-10-24-6-2-1-3-16(24)26/h1-3,6,11,13-14H,4-5,7-10,12H2. The number of rotatable bonds is 5. The summed E-state index contributed by atoms with van der Waals surface area (Å²) in [5.74, 6) is 0.219. The summed E-state index contributed by atoms with van der Waals surface area (Å²) in [5.41, 5.74) is -1.86. The molecule has 0 saturated carbocycles. The molecular weight excluding hydrogens is 361 g/mol. The van der Waals surface area contributed by atoms with E-state index in [9.17, 15) is 22.8 Å². The maximum atomic E-state index is 12.6. The zero-order valence-electron chi connectivity index (χ0n) is 14.7. The fraction of sp³-hybridized carbons (Fsp3) is 0.500. The average Bonchev–Trinajstić information content (AvgIpc) is 2.63. The molecule has 9 heteroatoms. The highest BCUT2D eigenvalue weighted by molar-refractivity contribution is 5.03. The van der Waals surface area contributed by atoms with Gasteiger partial charge in [-0.1, -0.05) is 6.07 Å². The summed E-state index contributed by atoms with van der Waals surface area (Å²) in [7, 11) is 0. The summed E-state index contributed by atoms with van der Waals surface area (Å²) in [6, 6.07) is 5.61. The van der Waals surface area contributed by atoms with Crippen LogP contribution in [0.15, 0.2) is 46.4 Å². The highest BCUT2D eigenvalue weighted by Crippen LogP contribution is 2.26. The molecule has 2 aromatic heterocycles. The predicted molar refractivity (Wildman–Crippen MR) is 93.4 cm³/mol. The monoisotopic (exact) mass is 382 g/mol. The van der Waals surface area contributed by atoms with Crippen LogP contribution in [0.3, 0.4) is 0 Å². The lowest BCUT2D eigenvalue weighted by Crippen LogP contribution is -2.38. The number of likely N-dealkylation sites (tertiary alicyclic amines) is 1. The number of aromatic nitrogens is 3. The molecule has 6 nitrogen and oxygen atoms in total. The summed E-state index contributed by atoms with van der Waals surface area (Å²) in [4.78, 5) is 29.2. The first kappa shape index (κ1) is 19.3. The minimum atomic E-state index is -4.61. The van der Waals surface area contributed by atoms with E-state index in [2.05, 4.69) is 9.88 Å². The van der Waals surface area contributed by atoms with Crippen molar-refractivity contribution in [2.75, 3.05) is 19.6 Å². The van der Waals surface area contributed by atoms with Crippen LogP contribution in [0.5, 0.6) is 0 Å². The molecular formula is C18H21F3N4O2. The lowest BCUT2D eigenvalue weighted by molar-refractivity contribution is -0.141. The van der Waals surface area contributed by atoms with Gasteiger partial charge in [-0.05, 0) is 37.9 Å². The maximum absolute atomic E-state index is 12.6. The smallest absolute Gasteiger partial charge is 0.314 e. The second-order valence-corrected chi connectivity index (χ2v) is 6.78. The van der Waals surface area contributed by atoms with Gasteiger partial charge < -0.3 is 9.47 Å². The first-order chi connectivity index (χ1) is 12.8. The van der Waals surface area contributed by atoms with Crippen LogP contribution in [0.4, 0.5) is 13.2 Å². The Bertz CT molecular complexity index is 883. The molecule has 146 valence electrons. The minimum Gasteiger partial charge on any atom is -0.314 e. The molecule has 0 bridgehead atoms. The van der Waals surface area contributed by atoms with Crippen LogP contribution >= 0.6 is 0 Å². The normalized spacial score (nSPS) is 16.6. The zero-order chi connectivity index (χ0) is 19.4. The maximum Gasteiger partial charge on any atom is 0.433 e. The Morgan fingerprint density at radius 1 is 1.04 bits per heavy atom. The van der Waals surface area contributed by atoms with Gasteiger partial charge in [0.05, 0.1) is 6.33 Å². The van der Waals surface area contributed by atoms with E-state index < -0.39 is 17.4 Å². The second-order valence-electron chi connectivity index (χ2n) is 6.78. The molecule has 0 spiro atoms. The van der Waals surface area contributed by atoms with Gasteiger partial charge in [-0.15, -0.1) is 0 Å². The van der Waals surface area contributed by atoms with Gasteiger partial charge in [0.25, 0.3) is 11.1 Å². The molecule has 1 aliphatic heterocycles. The first-order valence-electron chi connectivity index (χ1n) is 8.84. The third-order valence-corrected chi connectivity index (χ3v) is 4.89. The van der Waals surface area contributed by atoms with Crippen molar-refractivity contribution in [1.82, 2.24) is 19.0 Å². The van der Waals surface area contributed by atoms with Crippen molar-refractivity contribution in [2.45, 2.75) is 32.1 Å². The summed E-state index contributed by atoms with van der Waals surface area (Å²) < 4.78 is 40.7. The van der Waals surface area contributed by atoms with Gasteiger partial charge in [0.1, 0.15) is 0 Å². The lowest BCUT2D eigenvalue weighted by atomic mass is 9.96. The Labute approximate surface area is 153 Å². The Morgan fingerprint density at radius 2 is 1.78 bits per heavy atom. The van der Waals surface area contributed by atoms with Crippen LogP contribution in [0.1, 0.15) is 18.5 Å². The van der Waals surface area contributed by atoms with Gasteiger partial charge in [0, 0.05) is 38.0 Å². The van der Waals surface area contributed by atoms with Crippen LogP contribution in [-0.4, -0.2) is 38.7 Å². The fourth-order valence-electron chi connectivity index (χ4n) is 3.28. The first-order valence-corrected chi connectivity index (χ1v) is 8.84. The number of pyridine rings is 1. The van der Waals surface area contributed by atoms with E-state index in [0.29, 0.717) is 19.2 Å². The molecule has 0 N–H and O–H groups in total. The van der Waals surface area contributed by atoms with E-state index in [4.69, 9.17) is 0 Å². The molecule has 0 atom stereocenters. The Morgan fingerprint density at radius 3 is 2.41 bits per heavy atom. The van der Waals surface area contributed by atoms with Crippen LogP contribution in [0, 0.1) is 5.92 Å². The van der Waals surface area contributed by atoms with Crippen molar-refractivity contribution in [3.63, 3.8) is 0 Å². The number of alkyl halides is 3. The number of hydrogen-bond donors (Lipinski definition) is 0. The highest BCUT2D eigenvalue weighted by atomic mass is 19.4.